The molecule has 0 aliphatic heterocycles. The van der Waals surface area contributed by atoms with Crippen LogP contribution in [-0.2, 0) is 15.4 Å². The minimum atomic E-state index is -3.42. The summed E-state index contributed by atoms with van der Waals surface area (Å²) in [7, 11) is -3.42. The first-order valence-corrected chi connectivity index (χ1v) is 8.10. The second kappa shape index (κ2) is 5.50. The van der Waals surface area contributed by atoms with Gasteiger partial charge in [-0.1, -0.05) is 35.0 Å². The van der Waals surface area contributed by atoms with Gasteiger partial charge in [0.25, 0.3) is 0 Å². The molecule has 0 fully saturated rings. The van der Waals surface area contributed by atoms with Crippen molar-refractivity contribution in [1.29, 1.82) is 0 Å². The molecule has 0 heterocycles. The molecule has 1 N–H and O–H groups in total. The third-order valence-electron chi connectivity index (χ3n) is 2.68. The molecule has 0 amide bonds. The Morgan fingerprint density at radius 3 is 2.18 bits per heavy atom. The molecule has 17 heavy (non-hydrogen) atoms. The van der Waals surface area contributed by atoms with Gasteiger partial charge in [-0.15, -0.1) is 0 Å². The molecule has 1 aromatic carbocycles. The molecule has 96 valence electrons. The monoisotopic (exact) mass is 319 g/mol. The van der Waals surface area contributed by atoms with E-state index in [0.29, 0.717) is 4.90 Å². The lowest BCUT2D eigenvalue weighted by atomic mass is 10.0. The highest BCUT2D eigenvalue weighted by Crippen LogP contribution is 2.16. The van der Waals surface area contributed by atoms with Crippen LogP contribution in [0.2, 0.25) is 0 Å². The fourth-order valence-corrected chi connectivity index (χ4v) is 3.11. The molecule has 0 aliphatic rings. The number of hydrogen-bond donors (Lipinski definition) is 1. The van der Waals surface area contributed by atoms with Gasteiger partial charge in [-0.05, 0) is 38.0 Å². The zero-order valence-corrected chi connectivity index (χ0v) is 12.7. The van der Waals surface area contributed by atoms with E-state index in [1.54, 1.807) is 12.1 Å². The molecule has 0 saturated heterocycles. The lowest BCUT2D eigenvalue weighted by Crippen LogP contribution is -2.42. The van der Waals surface area contributed by atoms with Crippen molar-refractivity contribution in [3.8, 4) is 0 Å². The van der Waals surface area contributed by atoms with Crippen LogP contribution in [0.15, 0.2) is 29.2 Å². The molecule has 0 unspecified atom stereocenters. The topological polar surface area (TPSA) is 46.2 Å². The minimum absolute atomic E-state index is 0.309. The highest BCUT2D eigenvalue weighted by atomic mass is 79.9. The Kier molecular flexibility index (Phi) is 4.75. The van der Waals surface area contributed by atoms with E-state index < -0.39 is 15.6 Å². The molecule has 0 spiro atoms. The van der Waals surface area contributed by atoms with E-state index in [2.05, 4.69) is 20.7 Å². The third-order valence-corrected chi connectivity index (χ3v) is 5.04. The standard InChI is InChI=1S/C12H18BrNO2S/c1-4-12(2,3)14-17(15,16)11-7-5-10(9-13)6-8-11/h5-8,14H,4,9H2,1-3H3. The smallest absolute Gasteiger partial charge is 0.207 e. The van der Waals surface area contributed by atoms with Crippen molar-refractivity contribution in [1.82, 2.24) is 4.72 Å². The van der Waals surface area contributed by atoms with Crippen molar-refractivity contribution in [2.75, 3.05) is 0 Å². The second-order valence-corrected chi connectivity index (χ2v) is 6.86. The molecule has 0 aromatic heterocycles. The van der Waals surface area contributed by atoms with Gasteiger partial charge in [0.2, 0.25) is 10.0 Å². The molecule has 0 bridgehead atoms. The SMILES string of the molecule is CCC(C)(C)NS(=O)(=O)c1ccc(CBr)cc1. The van der Waals surface area contributed by atoms with E-state index >= 15 is 0 Å². The van der Waals surface area contributed by atoms with Gasteiger partial charge in [0.05, 0.1) is 4.90 Å². The van der Waals surface area contributed by atoms with Gasteiger partial charge in [-0.2, -0.15) is 0 Å². The van der Waals surface area contributed by atoms with Gasteiger partial charge in [0.1, 0.15) is 0 Å². The van der Waals surface area contributed by atoms with Crippen molar-refractivity contribution >= 4 is 26.0 Å². The van der Waals surface area contributed by atoms with Crippen LogP contribution >= 0.6 is 15.9 Å². The normalized spacial score (nSPS) is 12.7. The minimum Gasteiger partial charge on any atom is -0.207 e. The van der Waals surface area contributed by atoms with E-state index in [-0.39, 0.29) is 0 Å². The first-order valence-electron chi connectivity index (χ1n) is 5.49. The average Bonchev–Trinajstić information content (AvgIpc) is 2.28. The molecule has 0 radical (unpaired) electrons. The van der Waals surface area contributed by atoms with Crippen molar-refractivity contribution < 1.29 is 8.42 Å². The fraction of sp³-hybridized carbons (Fsp3) is 0.500. The lowest BCUT2D eigenvalue weighted by Gasteiger charge is -2.24. The van der Waals surface area contributed by atoms with Crippen LogP contribution in [0.5, 0.6) is 0 Å². The summed E-state index contributed by atoms with van der Waals surface area (Å²) >= 11 is 3.33. The largest absolute Gasteiger partial charge is 0.241 e. The van der Waals surface area contributed by atoms with E-state index in [4.69, 9.17) is 0 Å². The average molecular weight is 320 g/mol. The predicted molar refractivity (Wildman–Crippen MR) is 73.8 cm³/mol. The summed E-state index contributed by atoms with van der Waals surface area (Å²) in [6, 6.07) is 6.87. The molecular weight excluding hydrogens is 302 g/mol. The number of nitrogens with one attached hydrogen (secondary N) is 1. The third kappa shape index (κ3) is 4.08. The van der Waals surface area contributed by atoms with Gasteiger partial charge in [-0.3, -0.25) is 0 Å². The Labute approximate surface area is 112 Å². The van der Waals surface area contributed by atoms with Crippen LogP contribution in [0.1, 0.15) is 32.8 Å². The maximum absolute atomic E-state index is 12.1. The van der Waals surface area contributed by atoms with Gasteiger partial charge in [0, 0.05) is 10.9 Å². The first kappa shape index (κ1) is 14.7. The number of benzene rings is 1. The van der Waals surface area contributed by atoms with Crippen molar-refractivity contribution in [3.05, 3.63) is 29.8 Å². The van der Waals surface area contributed by atoms with E-state index in [1.807, 2.05) is 32.9 Å². The maximum Gasteiger partial charge on any atom is 0.241 e. The van der Waals surface area contributed by atoms with Crippen LogP contribution in [0.25, 0.3) is 0 Å². The lowest BCUT2D eigenvalue weighted by molar-refractivity contribution is 0.439. The summed E-state index contributed by atoms with van der Waals surface area (Å²) in [5.74, 6) is 0. The van der Waals surface area contributed by atoms with E-state index in [0.717, 1.165) is 17.3 Å². The molecule has 1 rings (SSSR count). The molecule has 0 aliphatic carbocycles. The predicted octanol–water partition coefficient (Wildman–Crippen LogP) is 3.05. The van der Waals surface area contributed by atoms with Crippen LogP contribution in [0.3, 0.4) is 0 Å². The Balaban J connectivity index is 2.97. The number of rotatable bonds is 5. The summed E-state index contributed by atoms with van der Waals surface area (Å²) < 4.78 is 26.9. The Bertz CT molecular complexity index is 466. The van der Waals surface area contributed by atoms with E-state index in [1.165, 1.54) is 0 Å². The highest BCUT2D eigenvalue weighted by molar-refractivity contribution is 9.08. The van der Waals surface area contributed by atoms with Gasteiger partial charge < -0.3 is 0 Å². The second-order valence-electron chi connectivity index (χ2n) is 4.62. The van der Waals surface area contributed by atoms with Crippen LogP contribution < -0.4 is 4.72 Å². The van der Waals surface area contributed by atoms with Gasteiger partial charge in [0.15, 0.2) is 0 Å². The van der Waals surface area contributed by atoms with Gasteiger partial charge in [-0.25, -0.2) is 13.1 Å². The zero-order valence-electron chi connectivity index (χ0n) is 10.3. The quantitative estimate of drug-likeness (QED) is 0.848. The van der Waals surface area contributed by atoms with Crippen LogP contribution in [0, 0.1) is 0 Å². The molecule has 3 nitrogen and oxygen atoms in total. The number of sulfonamides is 1. The Hall–Kier alpha value is -0.390. The molecule has 0 saturated carbocycles. The molecular formula is C12H18BrNO2S. The Morgan fingerprint density at radius 2 is 1.76 bits per heavy atom. The molecule has 1 aromatic rings. The fourth-order valence-electron chi connectivity index (χ4n) is 1.25. The zero-order chi connectivity index (χ0) is 13.1. The molecule has 5 heteroatoms. The Morgan fingerprint density at radius 1 is 1.24 bits per heavy atom. The summed E-state index contributed by atoms with van der Waals surface area (Å²) in [5.41, 5.74) is 0.631. The maximum atomic E-state index is 12.1. The van der Waals surface area contributed by atoms with Crippen molar-refractivity contribution in [2.45, 2.75) is 43.0 Å². The summed E-state index contributed by atoms with van der Waals surface area (Å²) in [6.45, 7) is 5.70. The van der Waals surface area contributed by atoms with Crippen molar-refractivity contribution in [2.24, 2.45) is 0 Å². The van der Waals surface area contributed by atoms with Crippen LogP contribution in [-0.4, -0.2) is 14.0 Å². The summed E-state index contributed by atoms with van der Waals surface area (Å²) in [6.07, 6.45) is 0.742. The number of halogens is 1. The summed E-state index contributed by atoms with van der Waals surface area (Å²) in [4.78, 5) is 0.309. The van der Waals surface area contributed by atoms with Crippen LogP contribution in [0.4, 0.5) is 0 Å². The summed E-state index contributed by atoms with van der Waals surface area (Å²) in [5, 5.41) is 0.723. The first-order chi connectivity index (χ1) is 7.80. The number of alkyl halides is 1. The number of hydrogen-bond acceptors (Lipinski definition) is 2. The highest BCUT2D eigenvalue weighted by Gasteiger charge is 2.24. The van der Waals surface area contributed by atoms with Crippen molar-refractivity contribution in [3.63, 3.8) is 0 Å². The molecule has 0 atom stereocenters. The van der Waals surface area contributed by atoms with E-state index in [9.17, 15) is 8.42 Å². The van der Waals surface area contributed by atoms with Gasteiger partial charge >= 0.3 is 0 Å².